The van der Waals surface area contributed by atoms with Crippen molar-refractivity contribution in [3.8, 4) is 0 Å². The predicted molar refractivity (Wildman–Crippen MR) is 145 cm³/mol. The van der Waals surface area contributed by atoms with Crippen LogP contribution in [0, 0.1) is 5.92 Å². The molecule has 2 saturated heterocycles. The highest BCUT2D eigenvalue weighted by Gasteiger charge is 2.48. The van der Waals surface area contributed by atoms with E-state index in [9.17, 15) is 24.3 Å². The zero-order valence-corrected chi connectivity index (χ0v) is 23.0. The normalized spacial score (nSPS) is 21.7. The van der Waals surface area contributed by atoms with Crippen LogP contribution in [0.2, 0.25) is 0 Å². The highest BCUT2D eigenvalue weighted by Crippen LogP contribution is 2.51. The van der Waals surface area contributed by atoms with Gasteiger partial charge in [-0.15, -0.1) is 23.5 Å². The molecule has 36 heavy (non-hydrogen) atoms. The number of aliphatic hydroxyl groups is 1. The number of nitrogens with zero attached hydrogens (tertiary/aromatic N) is 1. The number of likely N-dealkylation sites (tertiary alicyclic amines) is 1. The van der Waals surface area contributed by atoms with Crippen LogP contribution >= 0.6 is 23.5 Å². The molecule has 2 fully saturated rings. The van der Waals surface area contributed by atoms with E-state index in [2.05, 4.69) is 10.2 Å². The summed E-state index contributed by atoms with van der Waals surface area (Å²) in [4.78, 5) is 52.7. The summed E-state index contributed by atoms with van der Waals surface area (Å²) in [7, 11) is 1.98. The summed E-state index contributed by atoms with van der Waals surface area (Å²) in [6, 6.07) is 7.99. The number of carbonyl (C=O) groups is 4. The molecule has 2 N–H and O–H groups in total. The molecule has 7 nitrogen and oxygen atoms in total. The van der Waals surface area contributed by atoms with E-state index in [1.165, 1.54) is 6.92 Å². The molecule has 1 aromatic carbocycles. The first kappa shape index (κ1) is 28.9. The van der Waals surface area contributed by atoms with E-state index in [-0.39, 0.29) is 40.9 Å². The van der Waals surface area contributed by atoms with E-state index < -0.39 is 29.8 Å². The average Bonchev–Trinajstić information content (AvgIpc) is 3.45. The Hall–Kier alpha value is -1.68. The van der Waals surface area contributed by atoms with Crippen LogP contribution in [0.3, 0.4) is 0 Å². The highest BCUT2D eigenvalue weighted by atomic mass is 32.2. The number of ketones is 3. The lowest BCUT2D eigenvalue weighted by atomic mass is 9.86. The second-order valence-electron chi connectivity index (χ2n) is 9.89. The van der Waals surface area contributed by atoms with Crippen LogP contribution in [0.1, 0.15) is 64.0 Å². The summed E-state index contributed by atoms with van der Waals surface area (Å²) in [6.07, 6.45) is 0.734. The van der Waals surface area contributed by atoms with Gasteiger partial charge in [-0.25, -0.2) is 0 Å². The van der Waals surface area contributed by atoms with Crippen molar-refractivity contribution in [2.24, 2.45) is 5.92 Å². The molecule has 2 aliphatic rings. The largest absolute Gasteiger partial charge is 0.385 e. The summed E-state index contributed by atoms with van der Waals surface area (Å²) < 4.78 is 0.0919. The molecule has 1 aromatic rings. The Bertz CT molecular complexity index is 935. The Balaban J connectivity index is 1.53. The number of aliphatic hydroxyl groups excluding tert-OH is 1. The lowest BCUT2D eigenvalue weighted by Crippen LogP contribution is -2.38. The molecule has 0 radical (unpaired) electrons. The van der Waals surface area contributed by atoms with Crippen molar-refractivity contribution in [2.75, 3.05) is 25.1 Å². The van der Waals surface area contributed by atoms with Gasteiger partial charge < -0.3 is 10.4 Å². The SMILES string of the molecule is CCCC(CC(=O)[C@@H]1CC2(CN1C)SCCS2)C(O)C(=O)CCC(=O)N[C@H](C(C)=O)c1ccccc1. The van der Waals surface area contributed by atoms with Crippen LogP contribution in [0.4, 0.5) is 0 Å². The second kappa shape index (κ2) is 13.2. The third-order valence-electron chi connectivity index (χ3n) is 7.05. The standard InChI is InChI=1S/C27H38N2O5S2/c1-4-8-20(15-23(32)21-16-27(17-29(21)3)35-13-14-36-27)26(34)22(31)11-12-24(33)28-25(18(2)30)19-9-6-5-7-10-19/h5-7,9-10,20-21,25-26,34H,4,8,11-17H2,1-3H3,(H,28,33)/t20?,21-,25+,26?/m0/s1. The Kier molecular flexibility index (Phi) is 10.6. The van der Waals surface area contributed by atoms with Gasteiger partial charge in [0.1, 0.15) is 17.9 Å². The van der Waals surface area contributed by atoms with Gasteiger partial charge in [0.2, 0.25) is 5.91 Å². The minimum Gasteiger partial charge on any atom is -0.385 e. The first-order valence-corrected chi connectivity index (χ1v) is 14.7. The number of hydrogen-bond donors (Lipinski definition) is 2. The zero-order valence-electron chi connectivity index (χ0n) is 21.4. The molecular weight excluding hydrogens is 496 g/mol. The van der Waals surface area contributed by atoms with Crippen LogP contribution in [0.25, 0.3) is 0 Å². The number of amides is 1. The molecule has 3 rings (SSSR count). The molecule has 198 valence electrons. The van der Waals surface area contributed by atoms with Crippen LogP contribution in [0.15, 0.2) is 30.3 Å². The number of benzene rings is 1. The zero-order chi connectivity index (χ0) is 26.3. The lowest BCUT2D eigenvalue weighted by molar-refractivity contribution is -0.134. The number of nitrogens with one attached hydrogen (secondary N) is 1. The first-order valence-electron chi connectivity index (χ1n) is 12.7. The summed E-state index contributed by atoms with van der Waals surface area (Å²) in [6.45, 7) is 4.25. The summed E-state index contributed by atoms with van der Waals surface area (Å²) in [5.74, 6) is 0.782. The lowest BCUT2D eigenvalue weighted by Gasteiger charge is -2.24. The highest BCUT2D eigenvalue weighted by molar-refractivity contribution is 8.21. The van der Waals surface area contributed by atoms with Gasteiger partial charge in [0.05, 0.1) is 10.1 Å². The number of Topliss-reactive ketones (excluding diaryl/α,β-unsaturated/α-hetero) is 3. The van der Waals surface area contributed by atoms with Gasteiger partial charge in [-0.1, -0.05) is 43.7 Å². The molecule has 2 heterocycles. The first-order chi connectivity index (χ1) is 17.2. The quantitative estimate of drug-likeness (QED) is 0.397. The average molecular weight is 535 g/mol. The fourth-order valence-electron chi connectivity index (χ4n) is 5.15. The molecule has 1 spiro atoms. The van der Waals surface area contributed by atoms with Crippen LogP contribution in [0.5, 0.6) is 0 Å². The predicted octanol–water partition coefficient (Wildman–Crippen LogP) is 3.40. The Labute approximate surface area is 222 Å². The third-order valence-corrected chi connectivity index (χ3v) is 10.5. The van der Waals surface area contributed by atoms with E-state index in [0.717, 1.165) is 30.9 Å². The number of hydrogen-bond acceptors (Lipinski definition) is 8. The molecule has 4 atom stereocenters. The van der Waals surface area contributed by atoms with Crippen molar-refractivity contribution in [2.45, 2.75) is 74.6 Å². The van der Waals surface area contributed by atoms with E-state index in [4.69, 9.17) is 0 Å². The molecule has 0 saturated carbocycles. The smallest absolute Gasteiger partial charge is 0.221 e. The second-order valence-corrected chi connectivity index (χ2v) is 13.1. The third kappa shape index (κ3) is 7.43. The van der Waals surface area contributed by atoms with Gasteiger partial charge in [0, 0.05) is 37.3 Å². The molecule has 0 bridgehead atoms. The van der Waals surface area contributed by atoms with E-state index in [1.807, 2.05) is 43.6 Å². The van der Waals surface area contributed by atoms with Crippen molar-refractivity contribution < 1.29 is 24.3 Å². The van der Waals surface area contributed by atoms with Gasteiger partial charge in [0.25, 0.3) is 0 Å². The fourth-order valence-corrected chi connectivity index (χ4v) is 8.54. The number of rotatable bonds is 13. The van der Waals surface area contributed by atoms with E-state index in [0.29, 0.717) is 12.0 Å². The Morgan fingerprint density at radius 1 is 1.14 bits per heavy atom. The van der Waals surface area contributed by atoms with Gasteiger partial charge in [-0.2, -0.15) is 0 Å². The topological polar surface area (TPSA) is 104 Å². The van der Waals surface area contributed by atoms with E-state index >= 15 is 0 Å². The van der Waals surface area contributed by atoms with Crippen LogP contribution < -0.4 is 5.32 Å². The maximum atomic E-state index is 13.2. The van der Waals surface area contributed by atoms with Gasteiger partial charge in [0.15, 0.2) is 11.6 Å². The van der Waals surface area contributed by atoms with Gasteiger partial charge in [-0.3, -0.25) is 24.1 Å². The molecule has 1 amide bonds. The Morgan fingerprint density at radius 3 is 2.42 bits per heavy atom. The van der Waals surface area contributed by atoms with Crippen molar-refractivity contribution in [1.29, 1.82) is 0 Å². The molecule has 0 aliphatic carbocycles. The van der Waals surface area contributed by atoms with Crippen molar-refractivity contribution in [3.05, 3.63) is 35.9 Å². The van der Waals surface area contributed by atoms with E-state index in [1.54, 1.807) is 24.3 Å². The fraction of sp³-hybridized carbons (Fsp3) is 0.630. The molecule has 0 aromatic heterocycles. The summed E-state index contributed by atoms with van der Waals surface area (Å²) in [5.41, 5.74) is 0.680. The molecule has 2 aliphatic heterocycles. The monoisotopic (exact) mass is 534 g/mol. The Morgan fingerprint density at radius 2 is 1.81 bits per heavy atom. The molecule has 9 heteroatoms. The van der Waals surface area contributed by atoms with Crippen molar-refractivity contribution in [1.82, 2.24) is 10.2 Å². The maximum absolute atomic E-state index is 13.2. The van der Waals surface area contributed by atoms with Crippen molar-refractivity contribution in [3.63, 3.8) is 0 Å². The van der Waals surface area contributed by atoms with Crippen molar-refractivity contribution >= 4 is 46.8 Å². The number of thioether (sulfide) groups is 2. The number of likely N-dealkylation sites (N-methyl/N-ethyl adjacent to an activating group) is 1. The minimum absolute atomic E-state index is 0.0812. The summed E-state index contributed by atoms with van der Waals surface area (Å²) >= 11 is 3.88. The maximum Gasteiger partial charge on any atom is 0.221 e. The molecular formula is C27H38N2O5S2. The van der Waals surface area contributed by atoms with Crippen LogP contribution in [-0.4, -0.2) is 74.6 Å². The van der Waals surface area contributed by atoms with Gasteiger partial charge >= 0.3 is 0 Å². The van der Waals surface area contributed by atoms with Crippen LogP contribution in [-0.2, 0) is 19.2 Å². The number of carbonyl (C=O) groups excluding carboxylic acids is 4. The summed E-state index contributed by atoms with van der Waals surface area (Å²) in [5, 5.41) is 13.5. The van der Waals surface area contributed by atoms with Gasteiger partial charge in [-0.05, 0) is 38.3 Å². The minimum atomic E-state index is -1.28. The molecule has 2 unspecified atom stereocenters.